The first-order valence-corrected chi connectivity index (χ1v) is 8.44. The molecule has 2 aromatic heterocycles. The van der Waals surface area contributed by atoms with Gasteiger partial charge in [0.15, 0.2) is 0 Å². The first kappa shape index (κ1) is 15.8. The van der Waals surface area contributed by atoms with Crippen molar-refractivity contribution in [2.75, 3.05) is 11.9 Å². The molecule has 0 aliphatic carbocycles. The van der Waals surface area contributed by atoms with Crippen LogP contribution >= 0.6 is 0 Å². The number of hydrogen-bond donors (Lipinski definition) is 2. The third-order valence-corrected chi connectivity index (χ3v) is 4.77. The molecule has 1 amide bonds. The van der Waals surface area contributed by atoms with Crippen molar-refractivity contribution in [1.29, 1.82) is 0 Å². The fourth-order valence-corrected chi connectivity index (χ4v) is 3.60. The monoisotopic (exact) mass is 340 g/mol. The molecule has 0 aromatic carbocycles. The van der Waals surface area contributed by atoms with Crippen LogP contribution in [0.3, 0.4) is 0 Å². The van der Waals surface area contributed by atoms with Crippen LogP contribution in [0.15, 0.2) is 30.7 Å². The predicted molar refractivity (Wildman–Crippen MR) is 91.9 cm³/mol. The minimum absolute atomic E-state index is 0.0431. The molecular weight excluding hydrogens is 320 g/mol. The molecule has 1 saturated heterocycles. The Morgan fingerprint density at radius 2 is 2.32 bits per heavy atom. The zero-order chi connectivity index (χ0) is 17.2. The van der Waals surface area contributed by atoms with Crippen LogP contribution in [0.5, 0.6) is 0 Å². The average molecular weight is 340 g/mol. The van der Waals surface area contributed by atoms with Crippen LogP contribution in [0.25, 0.3) is 5.57 Å². The van der Waals surface area contributed by atoms with E-state index in [0.717, 1.165) is 37.1 Å². The Balaban J connectivity index is 1.52. The molecule has 0 radical (unpaired) electrons. The second-order valence-corrected chi connectivity index (χ2v) is 6.35. The number of hydrogen-bond acceptors (Lipinski definition) is 6. The van der Waals surface area contributed by atoms with Crippen molar-refractivity contribution in [3.63, 3.8) is 0 Å². The number of rotatable bonds is 6. The van der Waals surface area contributed by atoms with Gasteiger partial charge in [-0.15, -0.1) is 0 Å². The lowest BCUT2D eigenvalue weighted by Crippen LogP contribution is -2.37. The molecule has 2 aliphatic rings. The summed E-state index contributed by atoms with van der Waals surface area (Å²) in [6, 6.07) is 2.38. The van der Waals surface area contributed by atoms with E-state index in [9.17, 15) is 4.79 Å². The van der Waals surface area contributed by atoms with Crippen LogP contribution in [0, 0.1) is 0 Å². The second kappa shape index (κ2) is 6.64. The quantitative estimate of drug-likeness (QED) is 0.767. The fourth-order valence-electron chi connectivity index (χ4n) is 3.60. The Morgan fingerprint density at radius 1 is 1.40 bits per heavy atom. The van der Waals surface area contributed by atoms with Crippen LogP contribution in [0.1, 0.15) is 25.0 Å². The van der Waals surface area contributed by atoms with Crippen molar-refractivity contribution < 1.29 is 9.90 Å². The van der Waals surface area contributed by atoms with Crippen molar-refractivity contribution in [1.82, 2.24) is 24.6 Å². The molecule has 130 valence electrons. The molecule has 2 aromatic rings. The number of anilines is 2. The molecule has 4 heterocycles. The highest BCUT2D eigenvalue weighted by molar-refractivity contribution is 5.68. The van der Waals surface area contributed by atoms with E-state index in [0.29, 0.717) is 12.5 Å². The summed E-state index contributed by atoms with van der Waals surface area (Å²) < 4.78 is 1.65. The zero-order valence-electron chi connectivity index (χ0n) is 13.7. The van der Waals surface area contributed by atoms with E-state index in [-0.39, 0.29) is 18.7 Å². The van der Waals surface area contributed by atoms with E-state index in [1.807, 2.05) is 11.0 Å². The molecule has 2 N–H and O–H groups in total. The number of amides is 1. The average Bonchev–Trinajstić information content (AvgIpc) is 3.16. The predicted octanol–water partition coefficient (Wildman–Crippen LogP) is 1.19. The molecule has 1 fully saturated rings. The van der Waals surface area contributed by atoms with Gasteiger partial charge in [0.25, 0.3) is 0 Å². The molecule has 8 nitrogen and oxygen atoms in total. The Labute approximate surface area is 145 Å². The Hall–Kier alpha value is -2.74. The maximum absolute atomic E-state index is 11.2. The molecule has 0 spiro atoms. The topological polar surface area (TPSA) is 96.2 Å². The van der Waals surface area contributed by atoms with Gasteiger partial charge in [-0.2, -0.15) is 5.10 Å². The molecule has 4 rings (SSSR count). The van der Waals surface area contributed by atoms with Gasteiger partial charge in [-0.05, 0) is 30.9 Å². The highest BCUT2D eigenvalue weighted by atomic mass is 16.3. The van der Waals surface area contributed by atoms with E-state index in [1.54, 1.807) is 23.3 Å². The van der Waals surface area contributed by atoms with Gasteiger partial charge in [-0.25, -0.2) is 9.97 Å². The van der Waals surface area contributed by atoms with Gasteiger partial charge in [0.05, 0.1) is 36.8 Å². The molecule has 2 unspecified atom stereocenters. The van der Waals surface area contributed by atoms with Gasteiger partial charge in [-0.3, -0.25) is 9.48 Å². The zero-order valence-corrected chi connectivity index (χ0v) is 13.7. The van der Waals surface area contributed by atoms with Crippen molar-refractivity contribution in [3.05, 3.63) is 36.4 Å². The lowest BCUT2D eigenvalue weighted by atomic mass is 9.99. The van der Waals surface area contributed by atoms with Crippen molar-refractivity contribution in [2.45, 2.75) is 37.9 Å². The third-order valence-electron chi connectivity index (χ3n) is 4.77. The van der Waals surface area contributed by atoms with Gasteiger partial charge in [0.2, 0.25) is 12.4 Å². The summed E-state index contributed by atoms with van der Waals surface area (Å²) in [5.41, 5.74) is 2.84. The highest BCUT2D eigenvalue weighted by Gasteiger charge is 2.36. The summed E-state index contributed by atoms with van der Waals surface area (Å²) in [6.45, 7) is 0.493. The van der Waals surface area contributed by atoms with Gasteiger partial charge >= 0.3 is 0 Å². The third kappa shape index (κ3) is 3.12. The summed E-state index contributed by atoms with van der Waals surface area (Å²) in [5, 5.41) is 16.2. The van der Waals surface area contributed by atoms with Crippen LogP contribution in [0.4, 0.5) is 11.6 Å². The standard InChI is InChI=1S/C17H20N6O2/c24-6-5-22-10-13(9-19-22)20-17-18-4-3-16(21-17)12-7-14-1-2-15(8-12)23(14)11-25/h3-4,7,9-11,14-15,24H,1-2,5-6,8H2,(H,18,20,21). The van der Waals surface area contributed by atoms with Gasteiger partial charge in [-0.1, -0.05) is 6.08 Å². The summed E-state index contributed by atoms with van der Waals surface area (Å²) in [4.78, 5) is 22.0. The summed E-state index contributed by atoms with van der Waals surface area (Å²) in [6.07, 6.45) is 11.2. The van der Waals surface area contributed by atoms with Crippen molar-refractivity contribution >= 4 is 23.6 Å². The fraction of sp³-hybridized carbons (Fsp3) is 0.412. The van der Waals surface area contributed by atoms with Crippen LogP contribution < -0.4 is 5.32 Å². The minimum Gasteiger partial charge on any atom is -0.394 e. The number of fused-ring (bicyclic) bond motifs is 2. The molecule has 2 aliphatic heterocycles. The van der Waals surface area contributed by atoms with Gasteiger partial charge in [0, 0.05) is 18.4 Å². The largest absolute Gasteiger partial charge is 0.394 e. The number of carbonyl (C=O) groups excluding carboxylic acids is 1. The normalized spacial score (nSPS) is 22.0. The van der Waals surface area contributed by atoms with Crippen LogP contribution in [-0.2, 0) is 11.3 Å². The van der Waals surface area contributed by atoms with Crippen molar-refractivity contribution in [3.8, 4) is 0 Å². The van der Waals surface area contributed by atoms with Crippen LogP contribution in [0.2, 0.25) is 0 Å². The number of aliphatic hydroxyl groups is 1. The first-order valence-electron chi connectivity index (χ1n) is 8.44. The SMILES string of the molecule is O=CN1C2C=C(c3ccnc(Nc4cnn(CCO)c4)n3)CC1CC2. The molecule has 25 heavy (non-hydrogen) atoms. The van der Waals surface area contributed by atoms with Gasteiger partial charge < -0.3 is 15.3 Å². The summed E-state index contributed by atoms with van der Waals surface area (Å²) >= 11 is 0. The molecule has 8 heteroatoms. The second-order valence-electron chi connectivity index (χ2n) is 6.35. The van der Waals surface area contributed by atoms with E-state index in [1.165, 1.54) is 5.57 Å². The lowest BCUT2D eigenvalue weighted by Gasteiger charge is -2.30. The van der Waals surface area contributed by atoms with E-state index in [2.05, 4.69) is 26.5 Å². The Morgan fingerprint density at radius 3 is 3.12 bits per heavy atom. The Bertz CT molecular complexity index is 802. The molecule has 2 atom stereocenters. The summed E-state index contributed by atoms with van der Waals surface area (Å²) in [7, 11) is 0. The highest BCUT2D eigenvalue weighted by Crippen LogP contribution is 2.37. The van der Waals surface area contributed by atoms with Crippen LogP contribution in [-0.4, -0.2) is 54.9 Å². The number of aliphatic hydroxyl groups excluding tert-OH is 1. The van der Waals surface area contributed by atoms with Gasteiger partial charge in [0.1, 0.15) is 0 Å². The molecule has 2 bridgehead atoms. The maximum Gasteiger partial charge on any atom is 0.227 e. The molecule has 0 saturated carbocycles. The smallest absolute Gasteiger partial charge is 0.227 e. The number of nitrogens with zero attached hydrogens (tertiary/aromatic N) is 5. The first-order chi connectivity index (χ1) is 12.3. The summed E-state index contributed by atoms with van der Waals surface area (Å²) in [5.74, 6) is 0.507. The minimum atomic E-state index is 0.0431. The number of nitrogens with one attached hydrogen (secondary N) is 1. The van der Waals surface area contributed by atoms with E-state index in [4.69, 9.17) is 5.11 Å². The Kier molecular flexibility index (Phi) is 4.19. The number of aromatic nitrogens is 4. The molecular formula is C17H20N6O2. The van der Waals surface area contributed by atoms with E-state index < -0.39 is 0 Å². The number of carbonyl (C=O) groups is 1. The van der Waals surface area contributed by atoms with E-state index >= 15 is 0 Å². The van der Waals surface area contributed by atoms with Crippen molar-refractivity contribution in [2.24, 2.45) is 0 Å². The lowest BCUT2D eigenvalue weighted by molar-refractivity contribution is -0.120. The maximum atomic E-state index is 11.2.